The van der Waals surface area contributed by atoms with E-state index in [1.807, 2.05) is 0 Å². The van der Waals surface area contributed by atoms with Gasteiger partial charge in [-0.2, -0.15) is 9.40 Å². The molecule has 0 spiro atoms. The number of aliphatic carboxylic acids is 1. The van der Waals surface area contributed by atoms with Crippen LogP contribution in [-0.2, 0) is 19.6 Å². The molecule has 9 heteroatoms. The number of fused-ring (bicyclic) bond motifs is 1. The van der Waals surface area contributed by atoms with Crippen LogP contribution in [0.2, 0.25) is 0 Å². The molecule has 0 saturated carbocycles. The van der Waals surface area contributed by atoms with Gasteiger partial charge in [0.15, 0.2) is 0 Å². The van der Waals surface area contributed by atoms with Gasteiger partial charge in [0.2, 0.25) is 10.0 Å². The van der Waals surface area contributed by atoms with Crippen LogP contribution in [0.1, 0.15) is 31.2 Å². The highest BCUT2D eigenvalue weighted by atomic mass is 32.2. The minimum absolute atomic E-state index is 0.0839. The number of pyridine rings is 1. The van der Waals surface area contributed by atoms with Crippen LogP contribution in [0.4, 0.5) is 0 Å². The Labute approximate surface area is 181 Å². The summed E-state index contributed by atoms with van der Waals surface area (Å²) in [6.45, 7) is 2.43. The molecule has 1 aliphatic rings. The molecule has 3 heterocycles. The summed E-state index contributed by atoms with van der Waals surface area (Å²) in [6.07, 6.45) is 4.67. The normalized spacial score (nSPS) is 17.1. The Hall–Kier alpha value is -2.75. The Morgan fingerprint density at radius 3 is 2.61 bits per heavy atom. The second-order valence-electron chi connectivity index (χ2n) is 7.74. The Bertz CT molecular complexity index is 1210. The fraction of sp³-hybridized carbons (Fsp3) is 0.364. The van der Waals surface area contributed by atoms with Gasteiger partial charge in [0.25, 0.3) is 0 Å². The van der Waals surface area contributed by atoms with Crippen molar-refractivity contribution in [2.45, 2.75) is 36.7 Å². The molecule has 1 aliphatic heterocycles. The van der Waals surface area contributed by atoms with Gasteiger partial charge in [-0.25, -0.2) is 12.9 Å². The summed E-state index contributed by atoms with van der Waals surface area (Å²) in [5.74, 6) is -1.67. The molecule has 0 bridgehead atoms. The first-order valence-electron chi connectivity index (χ1n) is 10.2. The predicted molar refractivity (Wildman–Crippen MR) is 115 cm³/mol. The maximum absolute atomic E-state index is 13.4. The third-order valence-electron chi connectivity index (χ3n) is 5.94. The Morgan fingerprint density at radius 2 is 1.94 bits per heavy atom. The summed E-state index contributed by atoms with van der Waals surface area (Å²) in [6, 6.07) is 10.5. The number of hydrogen-bond donors (Lipinski definition) is 1. The summed E-state index contributed by atoms with van der Waals surface area (Å²) in [4.78, 5) is 11.7. The molecule has 1 aromatic carbocycles. The molecule has 1 N–H and O–H groups in total. The number of carboxylic acids is 1. The number of benzene rings is 1. The molecule has 1 atom stereocenters. The highest BCUT2D eigenvalue weighted by Gasteiger charge is 2.31. The molecule has 8 nitrogen and oxygen atoms in total. The van der Waals surface area contributed by atoms with E-state index in [-0.39, 0.29) is 11.0 Å². The van der Waals surface area contributed by atoms with Crippen molar-refractivity contribution < 1.29 is 23.1 Å². The van der Waals surface area contributed by atoms with E-state index in [9.17, 15) is 18.3 Å². The van der Waals surface area contributed by atoms with Crippen LogP contribution < -0.4 is 0 Å². The van der Waals surface area contributed by atoms with Crippen LogP contribution in [0.15, 0.2) is 53.7 Å². The Kier molecular flexibility index (Phi) is 5.83. The fourth-order valence-corrected chi connectivity index (χ4v) is 5.70. The molecule has 1 fully saturated rings. The molecule has 4 rings (SSSR count). The van der Waals surface area contributed by atoms with Crippen molar-refractivity contribution in [3.05, 3.63) is 54.4 Å². The van der Waals surface area contributed by atoms with Crippen molar-refractivity contribution >= 4 is 21.5 Å². The lowest BCUT2D eigenvalue weighted by molar-refractivity contribution is -0.138. The maximum Gasteiger partial charge on any atom is 0.310 e. The maximum atomic E-state index is 13.4. The van der Waals surface area contributed by atoms with Crippen LogP contribution in [0.3, 0.4) is 0 Å². The summed E-state index contributed by atoms with van der Waals surface area (Å²) in [5.41, 5.74) is 2.49. The van der Waals surface area contributed by atoms with Crippen LogP contribution in [0.5, 0.6) is 0 Å². The SMILES string of the molecule is COC1CCN(S(=O)(=O)c2ccccc2-c2ccn3ncc([C@H](C)C(=O)O)c3c2)CC1. The molecule has 0 aliphatic carbocycles. The smallest absolute Gasteiger partial charge is 0.310 e. The molecular weight excluding hydrogens is 418 g/mol. The molecule has 164 valence electrons. The van der Waals surface area contributed by atoms with Crippen molar-refractivity contribution in [2.75, 3.05) is 20.2 Å². The lowest BCUT2D eigenvalue weighted by Gasteiger charge is -2.31. The number of nitrogens with zero attached hydrogens (tertiary/aromatic N) is 3. The van der Waals surface area contributed by atoms with Gasteiger partial charge in [0, 0.05) is 37.5 Å². The second-order valence-corrected chi connectivity index (χ2v) is 9.65. The van der Waals surface area contributed by atoms with Crippen molar-refractivity contribution in [2.24, 2.45) is 0 Å². The van der Waals surface area contributed by atoms with Gasteiger partial charge in [-0.1, -0.05) is 18.2 Å². The molecule has 1 saturated heterocycles. The van der Waals surface area contributed by atoms with E-state index in [1.54, 1.807) is 67.3 Å². The van der Waals surface area contributed by atoms with Gasteiger partial charge in [-0.05, 0) is 43.5 Å². The predicted octanol–water partition coefficient (Wildman–Crippen LogP) is 2.99. The van der Waals surface area contributed by atoms with E-state index in [2.05, 4.69) is 5.10 Å². The molecule has 2 aromatic heterocycles. The van der Waals surface area contributed by atoms with Crippen molar-refractivity contribution in [1.82, 2.24) is 13.9 Å². The monoisotopic (exact) mass is 443 g/mol. The highest BCUT2D eigenvalue weighted by molar-refractivity contribution is 7.89. The Morgan fingerprint density at radius 1 is 1.23 bits per heavy atom. The van der Waals surface area contributed by atoms with Crippen molar-refractivity contribution in [3.63, 3.8) is 0 Å². The average Bonchev–Trinajstić information content (AvgIpc) is 3.21. The van der Waals surface area contributed by atoms with Gasteiger partial charge >= 0.3 is 5.97 Å². The number of hydrogen-bond acceptors (Lipinski definition) is 5. The number of ether oxygens (including phenoxy) is 1. The van der Waals surface area contributed by atoms with Crippen LogP contribution in [-0.4, -0.2) is 59.7 Å². The summed E-state index contributed by atoms with van der Waals surface area (Å²) in [7, 11) is -2.04. The number of rotatable bonds is 6. The van der Waals surface area contributed by atoms with E-state index in [1.165, 1.54) is 4.31 Å². The number of methoxy groups -OCH3 is 1. The van der Waals surface area contributed by atoms with E-state index < -0.39 is 21.9 Å². The molecule has 31 heavy (non-hydrogen) atoms. The van der Waals surface area contributed by atoms with Gasteiger partial charge in [-0.3, -0.25) is 4.79 Å². The van der Waals surface area contributed by atoms with Gasteiger partial charge in [-0.15, -0.1) is 0 Å². The van der Waals surface area contributed by atoms with Gasteiger partial charge in [0.1, 0.15) is 0 Å². The van der Waals surface area contributed by atoms with E-state index >= 15 is 0 Å². The van der Waals surface area contributed by atoms with Gasteiger partial charge in [0.05, 0.1) is 28.6 Å². The molecular formula is C22H25N3O5S. The third-order valence-corrected chi connectivity index (χ3v) is 7.90. The molecule has 0 radical (unpaired) electrons. The zero-order chi connectivity index (χ0) is 22.2. The fourth-order valence-electron chi connectivity index (χ4n) is 4.01. The first kappa shape index (κ1) is 21.5. The first-order valence-corrected chi connectivity index (χ1v) is 11.6. The standard InChI is InChI=1S/C22H25N3O5S/c1-15(22(26)27)19-14-23-25-12-7-16(13-20(19)25)18-5-3-4-6-21(18)31(28,29)24-10-8-17(30-2)9-11-24/h3-7,12-15,17H,8-11H2,1-2H3,(H,26,27)/t15-/m0/s1. The number of carboxylic acid groups (broad SMARTS) is 1. The zero-order valence-corrected chi connectivity index (χ0v) is 18.2. The first-order chi connectivity index (χ1) is 14.8. The number of sulfonamides is 1. The lowest BCUT2D eigenvalue weighted by atomic mass is 10.0. The molecule has 0 unspecified atom stereocenters. The third kappa shape index (κ3) is 3.96. The summed E-state index contributed by atoms with van der Waals surface area (Å²) >= 11 is 0. The Balaban J connectivity index is 1.76. The van der Waals surface area contributed by atoms with E-state index in [0.29, 0.717) is 48.1 Å². The number of carbonyl (C=O) groups is 1. The number of aromatic nitrogens is 2. The lowest BCUT2D eigenvalue weighted by Crippen LogP contribution is -2.40. The zero-order valence-electron chi connectivity index (χ0n) is 17.4. The van der Waals surface area contributed by atoms with Gasteiger partial charge < -0.3 is 9.84 Å². The summed E-state index contributed by atoms with van der Waals surface area (Å²) in [5, 5.41) is 13.6. The largest absolute Gasteiger partial charge is 0.481 e. The van der Waals surface area contributed by atoms with Crippen molar-refractivity contribution in [3.8, 4) is 11.1 Å². The van der Waals surface area contributed by atoms with Crippen LogP contribution >= 0.6 is 0 Å². The quantitative estimate of drug-likeness (QED) is 0.629. The molecule has 3 aromatic rings. The van der Waals surface area contributed by atoms with Crippen LogP contribution in [0.25, 0.3) is 16.6 Å². The topological polar surface area (TPSA) is 101 Å². The molecule has 0 amide bonds. The number of piperidine rings is 1. The van der Waals surface area contributed by atoms with Crippen molar-refractivity contribution in [1.29, 1.82) is 0 Å². The minimum Gasteiger partial charge on any atom is -0.481 e. The van der Waals surface area contributed by atoms with E-state index in [4.69, 9.17) is 4.74 Å². The average molecular weight is 444 g/mol. The van der Waals surface area contributed by atoms with E-state index in [0.717, 1.165) is 0 Å². The highest BCUT2D eigenvalue weighted by Crippen LogP contribution is 2.33. The summed E-state index contributed by atoms with van der Waals surface area (Å²) < 4.78 is 35.4. The van der Waals surface area contributed by atoms with Crippen LogP contribution in [0, 0.1) is 0 Å². The second kappa shape index (κ2) is 8.41. The minimum atomic E-state index is -3.69.